The molecule has 2 fully saturated rings. The van der Waals surface area contributed by atoms with Crippen LogP contribution in [0.5, 0.6) is 5.75 Å². The molecule has 6 nitrogen and oxygen atoms in total. The van der Waals surface area contributed by atoms with Gasteiger partial charge in [-0.05, 0) is 38.4 Å². The van der Waals surface area contributed by atoms with E-state index in [4.69, 9.17) is 4.74 Å². The number of aryl methyl sites for hydroxylation is 1. The van der Waals surface area contributed by atoms with E-state index in [0.717, 1.165) is 37.2 Å². The van der Waals surface area contributed by atoms with Crippen molar-refractivity contribution in [3.63, 3.8) is 0 Å². The van der Waals surface area contributed by atoms with E-state index in [1.54, 1.807) is 8.61 Å². The molecular formula is C18H29N3O3S. The molecule has 1 aromatic rings. The van der Waals surface area contributed by atoms with Gasteiger partial charge in [0.2, 0.25) is 0 Å². The Morgan fingerprint density at radius 1 is 1.08 bits per heavy atom. The second-order valence-electron chi connectivity index (χ2n) is 7.15. The molecule has 2 heterocycles. The Bertz CT molecular complexity index is 672. The van der Waals surface area contributed by atoms with Crippen LogP contribution in [0.25, 0.3) is 0 Å². The molecule has 2 aliphatic heterocycles. The molecule has 3 rings (SSSR count). The van der Waals surface area contributed by atoms with Crippen molar-refractivity contribution >= 4 is 10.2 Å². The number of rotatable bonds is 5. The van der Waals surface area contributed by atoms with Crippen LogP contribution < -0.4 is 4.74 Å². The Morgan fingerprint density at radius 3 is 2.52 bits per heavy atom. The summed E-state index contributed by atoms with van der Waals surface area (Å²) >= 11 is 0. The highest BCUT2D eigenvalue weighted by atomic mass is 32.2. The summed E-state index contributed by atoms with van der Waals surface area (Å²) in [4.78, 5) is 2.17. The summed E-state index contributed by atoms with van der Waals surface area (Å²) in [7, 11) is -1.32. The average Bonchev–Trinajstić information content (AvgIpc) is 2.62. The summed E-state index contributed by atoms with van der Waals surface area (Å²) < 4.78 is 35.1. The second kappa shape index (κ2) is 8.03. The number of hydrogen-bond acceptors (Lipinski definition) is 4. The molecule has 0 aliphatic carbocycles. The Morgan fingerprint density at radius 2 is 1.80 bits per heavy atom. The normalized spacial score (nSPS) is 24.3. The molecule has 7 heteroatoms. The van der Waals surface area contributed by atoms with Crippen molar-refractivity contribution in [3.05, 3.63) is 29.8 Å². The lowest BCUT2D eigenvalue weighted by molar-refractivity contribution is 0.165. The standard InChI is InChI=1S/C18H29N3O3S/c1-16-6-3-4-8-18(16)24-15-17-7-5-9-21(14-17)25(22,23)20-12-10-19(2)11-13-20/h3-4,6,8,17H,5,7,9-15H2,1-2H3/t17-/m0/s1. The minimum atomic E-state index is -3.35. The summed E-state index contributed by atoms with van der Waals surface area (Å²) in [6.07, 6.45) is 1.91. The zero-order chi connectivity index (χ0) is 17.9. The summed E-state index contributed by atoms with van der Waals surface area (Å²) in [5.41, 5.74) is 1.11. The number of piperidine rings is 1. The second-order valence-corrected chi connectivity index (χ2v) is 9.08. The van der Waals surface area contributed by atoms with Gasteiger partial charge in [0.1, 0.15) is 5.75 Å². The predicted octanol–water partition coefficient (Wildman–Crippen LogP) is 1.58. The van der Waals surface area contributed by atoms with Gasteiger partial charge < -0.3 is 9.64 Å². The maximum atomic E-state index is 12.9. The molecule has 25 heavy (non-hydrogen) atoms. The predicted molar refractivity (Wildman–Crippen MR) is 99.0 cm³/mol. The first kappa shape index (κ1) is 18.6. The molecular weight excluding hydrogens is 338 g/mol. The third kappa shape index (κ3) is 4.53. The van der Waals surface area contributed by atoms with E-state index in [9.17, 15) is 8.42 Å². The lowest BCUT2D eigenvalue weighted by atomic mass is 10.0. The highest BCUT2D eigenvalue weighted by Crippen LogP contribution is 2.24. The summed E-state index contributed by atoms with van der Waals surface area (Å²) in [6.45, 7) is 6.54. The number of piperazine rings is 1. The van der Waals surface area contributed by atoms with E-state index in [1.165, 1.54) is 0 Å². The van der Waals surface area contributed by atoms with Gasteiger partial charge in [0.25, 0.3) is 10.2 Å². The van der Waals surface area contributed by atoms with Crippen LogP contribution in [-0.4, -0.2) is 74.9 Å². The van der Waals surface area contributed by atoms with Gasteiger partial charge in [-0.1, -0.05) is 18.2 Å². The van der Waals surface area contributed by atoms with Gasteiger partial charge in [0.15, 0.2) is 0 Å². The van der Waals surface area contributed by atoms with Gasteiger partial charge >= 0.3 is 0 Å². The molecule has 0 aromatic heterocycles. The zero-order valence-electron chi connectivity index (χ0n) is 15.2. The fraction of sp³-hybridized carbons (Fsp3) is 0.667. The van der Waals surface area contributed by atoms with Crippen molar-refractivity contribution < 1.29 is 13.2 Å². The van der Waals surface area contributed by atoms with Crippen LogP contribution in [-0.2, 0) is 10.2 Å². The molecule has 0 N–H and O–H groups in total. The SMILES string of the molecule is Cc1ccccc1OC[C@H]1CCCN(S(=O)(=O)N2CCN(C)CC2)C1. The highest BCUT2D eigenvalue weighted by Gasteiger charge is 2.35. The van der Waals surface area contributed by atoms with E-state index >= 15 is 0 Å². The van der Waals surface area contributed by atoms with Crippen LogP contribution in [0.15, 0.2) is 24.3 Å². The van der Waals surface area contributed by atoms with Crippen molar-refractivity contribution in [2.45, 2.75) is 19.8 Å². The first-order valence-electron chi connectivity index (χ1n) is 9.09. The number of nitrogens with zero attached hydrogens (tertiary/aromatic N) is 3. The van der Waals surface area contributed by atoms with Crippen molar-refractivity contribution in [2.75, 3.05) is 52.9 Å². The number of likely N-dealkylation sites (N-methyl/N-ethyl adjacent to an activating group) is 1. The van der Waals surface area contributed by atoms with E-state index in [1.807, 2.05) is 38.2 Å². The van der Waals surface area contributed by atoms with Crippen LogP contribution in [0, 0.1) is 12.8 Å². The Kier molecular flexibility index (Phi) is 5.99. The lowest BCUT2D eigenvalue weighted by Crippen LogP contribution is -2.54. The van der Waals surface area contributed by atoms with Gasteiger partial charge in [-0.15, -0.1) is 0 Å². The van der Waals surface area contributed by atoms with E-state index < -0.39 is 10.2 Å². The Labute approximate surface area is 151 Å². The van der Waals surface area contributed by atoms with Crippen LogP contribution in [0.2, 0.25) is 0 Å². The monoisotopic (exact) mass is 367 g/mol. The molecule has 0 spiro atoms. The minimum absolute atomic E-state index is 0.246. The molecule has 0 saturated carbocycles. The van der Waals surface area contributed by atoms with Crippen molar-refractivity contribution in [2.24, 2.45) is 5.92 Å². The smallest absolute Gasteiger partial charge is 0.282 e. The summed E-state index contributed by atoms with van der Waals surface area (Å²) in [5, 5.41) is 0. The van der Waals surface area contributed by atoms with Crippen molar-refractivity contribution in [1.82, 2.24) is 13.5 Å². The number of benzene rings is 1. The van der Waals surface area contributed by atoms with Crippen LogP contribution >= 0.6 is 0 Å². The lowest BCUT2D eigenvalue weighted by Gasteiger charge is -2.38. The largest absolute Gasteiger partial charge is 0.493 e. The molecule has 0 amide bonds. The van der Waals surface area contributed by atoms with Gasteiger partial charge in [-0.3, -0.25) is 0 Å². The van der Waals surface area contributed by atoms with E-state index in [0.29, 0.717) is 32.8 Å². The highest BCUT2D eigenvalue weighted by molar-refractivity contribution is 7.86. The molecule has 0 unspecified atom stereocenters. The van der Waals surface area contributed by atoms with E-state index in [2.05, 4.69) is 4.90 Å². The number of para-hydroxylation sites is 1. The maximum Gasteiger partial charge on any atom is 0.282 e. The molecule has 1 atom stereocenters. The number of ether oxygens (including phenoxy) is 1. The van der Waals surface area contributed by atoms with Gasteiger partial charge in [0, 0.05) is 45.2 Å². The van der Waals surface area contributed by atoms with Crippen LogP contribution in [0.4, 0.5) is 0 Å². The topological polar surface area (TPSA) is 53.1 Å². The molecule has 2 saturated heterocycles. The third-order valence-electron chi connectivity index (χ3n) is 5.16. The summed E-state index contributed by atoms with van der Waals surface area (Å²) in [5.74, 6) is 1.14. The number of hydrogen-bond donors (Lipinski definition) is 0. The van der Waals surface area contributed by atoms with Gasteiger partial charge in [0.05, 0.1) is 6.61 Å². The van der Waals surface area contributed by atoms with Crippen molar-refractivity contribution in [3.8, 4) is 5.75 Å². The molecule has 1 aromatic carbocycles. The molecule has 0 radical (unpaired) electrons. The van der Waals surface area contributed by atoms with Gasteiger partial charge in [-0.25, -0.2) is 0 Å². The molecule has 140 valence electrons. The Hall–Kier alpha value is -1.15. The molecule has 2 aliphatic rings. The van der Waals surface area contributed by atoms with Gasteiger partial charge in [-0.2, -0.15) is 17.0 Å². The minimum Gasteiger partial charge on any atom is -0.493 e. The first-order valence-corrected chi connectivity index (χ1v) is 10.5. The maximum absolute atomic E-state index is 12.9. The van der Waals surface area contributed by atoms with E-state index in [-0.39, 0.29) is 5.92 Å². The van der Waals surface area contributed by atoms with Crippen LogP contribution in [0.3, 0.4) is 0 Å². The zero-order valence-corrected chi connectivity index (χ0v) is 16.0. The first-order chi connectivity index (χ1) is 12.0. The van der Waals surface area contributed by atoms with Crippen molar-refractivity contribution in [1.29, 1.82) is 0 Å². The van der Waals surface area contributed by atoms with Crippen LogP contribution in [0.1, 0.15) is 18.4 Å². The third-order valence-corrected chi connectivity index (χ3v) is 7.17. The molecule has 0 bridgehead atoms. The average molecular weight is 368 g/mol. The quantitative estimate of drug-likeness (QED) is 0.793. The fourth-order valence-electron chi connectivity index (χ4n) is 3.48. The Balaban J connectivity index is 1.58. The summed E-state index contributed by atoms with van der Waals surface area (Å²) in [6, 6.07) is 7.96. The fourth-order valence-corrected chi connectivity index (χ4v) is 5.19.